The van der Waals surface area contributed by atoms with Crippen molar-refractivity contribution in [3.8, 4) is 0 Å². The van der Waals surface area contributed by atoms with E-state index >= 15 is 0 Å². The smallest absolute Gasteiger partial charge is 0.318 e. The van der Waals surface area contributed by atoms with E-state index in [1.54, 1.807) is 11.9 Å². The van der Waals surface area contributed by atoms with Crippen molar-refractivity contribution in [1.82, 2.24) is 15.5 Å². The number of para-hydroxylation sites is 1. The number of likely N-dealkylation sites (tertiary alicyclic amines) is 1. The van der Waals surface area contributed by atoms with Gasteiger partial charge in [0.05, 0.1) is 5.92 Å². The van der Waals surface area contributed by atoms with E-state index in [9.17, 15) is 14.4 Å². The maximum absolute atomic E-state index is 13.8. The highest BCUT2D eigenvalue weighted by Gasteiger charge is 2.63. The fourth-order valence-corrected chi connectivity index (χ4v) is 4.90. The largest absolute Gasteiger partial charge is 0.359 e. The van der Waals surface area contributed by atoms with Crippen LogP contribution in [0.15, 0.2) is 24.3 Å². The highest BCUT2D eigenvalue weighted by molar-refractivity contribution is 6.07. The fourth-order valence-electron chi connectivity index (χ4n) is 4.90. The van der Waals surface area contributed by atoms with Crippen molar-refractivity contribution in [3.05, 3.63) is 29.8 Å². The van der Waals surface area contributed by atoms with Gasteiger partial charge in [0.1, 0.15) is 5.54 Å². The van der Waals surface area contributed by atoms with Gasteiger partial charge in [-0.05, 0) is 44.2 Å². The molecule has 0 bridgehead atoms. The molecular weight excluding hydrogens is 356 g/mol. The van der Waals surface area contributed by atoms with Crippen LogP contribution < -0.4 is 15.5 Å². The molecule has 3 atom stereocenters. The van der Waals surface area contributed by atoms with E-state index in [0.29, 0.717) is 19.0 Å². The Kier molecular flexibility index (Phi) is 4.56. The number of carbonyl (C=O) groups excluding carboxylic acids is 3. The molecule has 3 aliphatic rings. The second-order valence-corrected chi connectivity index (χ2v) is 8.21. The first-order valence-corrected chi connectivity index (χ1v) is 10.1. The maximum Gasteiger partial charge on any atom is 0.318 e. The Bertz CT molecular complexity index is 822. The number of hydrogen-bond donors (Lipinski definition) is 2. The van der Waals surface area contributed by atoms with Crippen LogP contribution in [0, 0.1) is 11.8 Å². The maximum atomic E-state index is 13.8. The Morgan fingerprint density at radius 2 is 1.96 bits per heavy atom. The fraction of sp³-hybridized carbons (Fsp3) is 0.571. The Labute approximate surface area is 165 Å². The van der Waals surface area contributed by atoms with Gasteiger partial charge < -0.3 is 20.4 Å². The Hall–Kier alpha value is -2.57. The molecule has 4 rings (SSSR count). The highest BCUT2D eigenvalue weighted by atomic mass is 16.2. The van der Waals surface area contributed by atoms with E-state index in [1.807, 2.05) is 43.0 Å². The molecular formula is C21H28N4O3. The first kappa shape index (κ1) is 18.8. The molecule has 1 saturated heterocycles. The third-order valence-electron chi connectivity index (χ3n) is 6.48. The van der Waals surface area contributed by atoms with Gasteiger partial charge >= 0.3 is 6.03 Å². The Morgan fingerprint density at radius 1 is 1.25 bits per heavy atom. The van der Waals surface area contributed by atoms with Crippen LogP contribution in [0.3, 0.4) is 0 Å². The number of amides is 4. The molecule has 0 unspecified atom stereocenters. The lowest BCUT2D eigenvalue weighted by atomic mass is 9.71. The van der Waals surface area contributed by atoms with E-state index in [2.05, 4.69) is 10.6 Å². The van der Waals surface area contributed by atoms with Crippen molar-refractivity contribution in [1.29, 1.82) is 0 Å². The number of benzene rings is 1. The van der Waals surface area contributed by atoms with E-state index in [0.717, 1.165) is 24.1 Å². The van der Waals surface area contributed by atoms with Gasteiger partial charge in [-0.3, -0.25) is 9.59 Å². The molecule has 7 heteroatoms. The highest BCUT2D eigenvalue weighted by Crippen LogP contribution is 2.53. The normalized spacial score (nSPS) is 28.6. The molecule has 2 fully saturated rings. The topological polar surface area (TPSA) is 81.8 Å². The van der Waals surface area contributed by atoms with Gasteiger partial charge in [-0.25, -0.2) is 4.79 Å². The summed E-state index contributed by atoms with van der Waals surface area (Å²) in [6, 6.07) is 7.55. The van der Waals surface area contributed by atoms with Gasteiger partial charge in [0, 0.05) is 38.3 Å². The van der Waals surface area contributed by atoms with Gasteiger partial charge in [-0.15, -0.1) is 0 Å². The molecule has 1 aromatic rings. The second-order valence-electron chi connectivity index (χ2n) is 8.21. The van der Waals surface area contributed by atoms with E-state index in [4.69, 9.17) is 0 Å². The Morgan fingerprint density at radius 3 is 2.61 bits per heavy atom. The standard InChI is InChI=1S/C21H28N4O3/c1-4-23-20(28)25-12-15(18(26)22-3)17-14-7-5-6-8-16(14)24(11-13-9-10-13)19(27)21(17,25)2/h5-8,13,15,17H,4,9-12H2,1-3H3,(H,22,26)(H,23,28)/t15-,17+,21-/m0/s1. The summed E-state index contributed by atoms with van der Waals surface area (Å²) < 4.78 is 0. The van der Waals surface area contributed by atoms with Crippen molar-refractivity contribution in [2.45, 2.75) is 38.1 Å². The zero-order valence-corrected chi connectivity index (χ0v) is 16.7. The SMILES string of the molecule is CCNC(=O)N1C[C@H](C(=O)NC)[C@H]2c3ccccc3N(CC3CC3)C(=O)[C@]21C. The molecule has 1 saturated carbocycles. The summed E-state index contributed by atoms with van der Waals surface area (Å²) in [5.41, 5.74) is 0.777. The molecule has 1 aliphatic carbocycles. The quantitative estimate of drug-likeness (QED) is 0.829. The number of anilines is 1. The summed E-state index contributed by atoms with van der Waals surface area (Å²) >= 11 is 0. The van der Waals surface area contributed by atoms with Crippen molar-refractivity contribution in [3.63, 3.8) is 0 Å². The predicted molar refractivity (Wildman–Crippen MR) is 106 cm³/mol. The molecule has 1 aromatic carbocycles. The van der Waals surface area contributed by atoms with Crippen molar-refractivity contribution >= 4 is 23.5 Å². The molecule has 2 aliphatic heterocycles. The summed E-state index contributed by atoms with van der Waals surface area (Å²) in [4.78, 5) is 42.8. The number of nitrogens with zero attached hydrogens (tertiary/aromatic N) is 2. The summed E-state index contributed by atoms with van der Waals surface area (Å²) in [7, 11) is 1.60. The summed E-state index contributed by atoms with van der Waals surface area (Å²) in [5.74, 6) is -0.534. The average Bonchev–Trinajstić information content (AvgIpc) is 3.45. The van der Waals surface area contributed by atoms with Crippen LogP contribution >= 0.6 is 0 Å². The number of hydrogen-bond acceptors (Lipinski definition) is 3. The molecule has 7 nitrogen and oxygen atoms in total. The van der Waals surface area contributed by atoms with E-state index in [1.165, 1.54) is 0 Å². The molecule has 0 radical (unpaired) electrons. The zero-order valence-electron chi connectivity index (χ0n) is 16.7. The lowest BCUT2D eigenvalue weighted by Crippen LogP contribution is -2.63. The molecule has 0 spiro atoms. The number of carbonyl (C=O) groups is 3. The van der Waals surface area contributed by atoms with E-state index in [-0.39, 0.29) is 30.3 Å². The third kappa shape index (κ3) is 2.67. The van der Waals surface area contributed by atoms with Gasteiger partial charge in [0.25, 0.3) is 5.91 Å². The van der Waals surface area contributed by atoms with Crippen molar-refractivity contribution in [2.24, 2.45) is 11.8 Å². The first-order valence-electron chi connectivity index (χ1n) is 10.1. The predicted octanol–water partition coefficient (Wildman–Crippen LogP) is 1.69. The average molecular weight is 384 g/mol. The van der Waals surface area contributed by atoms with Crippen LogP contribution in [0.4, 0.5) is 10.5 Å². The molecule has 150 valence electrons. The van der Waals surface area contributed by atoms with Gasteiger partial charge in [0.2, 0.25) is 5.91 Å². The zero-order chi connectivity index (χ0) is 20.1. The van der Waals surface area contributed by atoms with Crippen LogP contribution in [0.25, 0.3) is 0 Å². The van der Waals surface area contributed by atoms with Gasteiger partial charge in [0.15, 0.2) is 0 Å². The summed E-state index contributed by atoms with van der Waals surface area (Å²) in [6.45, 7) is 5.04. The van der Waals surface area contributed by atoms with Crippen molar-refractivity contribution < 1.29 is 14.4 Å². The lowest BCUT2D eigenvalue weighted by Gasteiger charge is -2.46. The molecule has 2 N–H and O–H groups in total. The third-order valence-corrected chi connectivity index (χ3v) is 6.48. The number of urea groups is 1. The number of nitrogens with one attached hydrogen (secondary N) is 2. The monoisotopic (exact) mass is 384 g/mol. The molecule has 28 heavy (non-hydrogen) atoms. The van der Waals surface area contributed by atoms with Crippen LogP contribution in [0.2, 0.25) is 0 Å². The summed E-state index contributed by atoms with van der Waals surface area (Å²) in [5, 5.41) is 5.55. The van der Waals surface area contributed by atoms with Crippen LogP contribution in [-0.2, 0) is 9.59 Å². The lowest BCUT2D eigenvalue weighted by molar-refractivity contribution is -0.129. The van der Waals surface area contributed by atoms with E-state index < -0.39 is 11.5 Å². The van der Waals surface area contributed by atoms with Gasteiger partial charge in [-0.2, -0.15) is 0 Å². The van der Waals surface area contributed by atoms with Crippen LogP contribution in [0.5, 0.6) is 0 Å². The molecule has 0 aromatic heterocycles. The Balaban J connectivity index is 1.86. The van der Waals surface area contributed by atoms with Crippen LogP contribution in [0.1, 0.15) is 38.2 Å². The molecule has 4 amide bonds. The minimum absolute atomic E-state index is 0.0826. The van der Waals surface area contributed by atoms with Gasteiger partial charge in [-0.1, -0.05) is 18.2 Å². The van der Waals surface area contributed by atoms with Crippen molar-refractivity contribution in [2.75, 3.05) is 31.6 Å². The minimum Gasteiger partial charge on any atom is -0.359 e. The first-order chi connectivity index (χ1) is 13.4. The number of rotatable bonds is 4. The molecule has 2 heterocycles. The second kappa shape index (κ2) is 6.79. The number of fused-ring (bicyclic) bond motifs is 3. The summed E-state index contributed by atoms with van der Waals surface area (Å²) in [6.07, 6.45) is 2.26. The minimum atomic E-state index is -1.08. The van der Waals surface area contributed by atoms with Crippen LogP contribution in [-0.4, -0.2) is 55.0 Å².